The summed E-state index contributed by atoms with van der Waals surface area (Å²) in [4.78, 5) is 0. The second kappa shape index (κ2) is 5.42. The van der Waals surface area contributed by atoms with Gasteiger partial charge in [0.2, 0.25) is 0 Å². The largest absolute Gasteiger partial charge is 0.486 e. The number of aryl methyl sites for hydroxylation is 1. The maximum Gasteiger partial charge on any atom is 0.138 e. The van der Waals surface area contributed by atoms with Crippen LogP contribution < -0.4 is 4.74 Å². The van der Waals surface area contributed by atoms with Crippen molar-refractivity contribution in [1.82, 2.24) is 9.78 Å². The van der Waals surface area contributed by atoms with Crippen molar-refractivity contribution in [3.63, 3.8) is 0 Å². The number of hydrogen-bond acceptors (Lipinski definition) is 3. The summed E-state index contributed by atoms with van der Waals surface area (Å²) < 4.78 is 7.30. The molecule has 0 spiro atoms. The lowest BCUT2D eigenvalue weighted by atomic mass is 10.1. The minimum absolute atomic E-state index is 0.370. The number of aromatic nitrogens is 2. The predicted molar refractivity (Wildman–Crippen MR) is 69.6 cm³/mol. The molecule has 0 fully saturated rings. The Kier molecular flexibility index (Phi) is 3.89. The van der Waals surface area contributed by atoms with Gasteiger partial charge in [0.1, 0.15) is 12.4 Å². The van der Waals surface area contributed by atoms with E-state index in [4.69, 9.17) is 16.3 Å². The zero-order valence-electron chi connectivity index (χ0n) is 10.3. The summed E-state index contributed by atoms with van der Waals surface area (Å²) in [5, 5.41) is 14.1. The van der Waals surface area contributed by atoms with Crippen LogP contribution in [0, 0.1) is 0 Å². The molecule has 0 bridgehead atoms. The van der Waals surface area contributed by atoms with E-state index in [-0.39, 0.29) is 0 Å². The van der Waals surface area contributed by atoms with E-state index in [0.717, 1.165) is 11.3 Å². The molecule has 5 heteroatoms. The number of halogens is 1. The monoisotopic (exact) mass is 266 g/mol. The molecule has 0 saturated carbocycles. The first-order valence-corrected chi connectivity index (χ1v) is 6.03. The molecule has 0 amide bonds. The van der Waals surface area contributed by atoms with Crippen LogP contribution in [0.2, 0.25) is 5.02 Å². The Morgan fingerprint density at radius 2 is 2.22 bits per heavy atom. The van der Waals surface area contributed by atoms with E-state index in [2.05, 4.69) is 5.10 Å². The van der Waals surface area contributed by atoms with Gasteiger partial charge in [-0.25, -0.2) is 0 Å². The van der Waals surface area contributed by atoms with Gasteiger partial charge >= 0.3 is 0 Å². The van der Waals surface area contributed by atoms with Crippen LogP contribution in [-0.2, 0) is 13.7 Å². The molecule has 1 aromatic heterocycles. The predicted octanol–water partition coefficient (Wildman–Crippen LogP) is 2.71. The number of nitrogens with zero attached hydrogens (tertiary/aromatic N) is 2. The Bertz CT molecular complexity index is 538. The van der Waals surface area contributed by atoms with Crippen LogP contribution in [0.5, 0.6) is 5.75 Å². The van der Waals surface area contributed by atoms with Crippen molar-refractivity contribution >= 4 is 11.6 Å². The molecule has 1 heterocycles. The fraction of sp³-hybridized carbons (Fsp3) is 0.308. The smallest absolute Gasteiger partial charge is 0.138 e. The van der Waals surface area contributed by atoms with Gasteiger partial charge in [-0.2, -0.15) is 5.10 Å². The van der Waals surface area contributed by atoms with Gasteiger partial charge in [-0.05, 0) is 30.7 Å². The van der Waals surface area contributed by atoms with Crippen molar-refractivity contribution in [2.75, 3.05) is 0 Å². The third-order valence-corrected chi connectivity index (χ3v) is 2.88. The highest BCUT2D eigenvalue weighted by atomic mass is 35.5. The topological polar surface area (TPSA) is 47.3 Å². The van der Waals surface area contributed by atoms with E-state index in [1.807, 2.05) is 19.3 Å². The molecule has 1 aromatic carbocycles. The fourth-order valence-corrected chi connectivity index (χ4v) is 1.83. The highest BCUT2D eigenvalue weighted by Crippen LogP contribution is 2.28. The zero-order chi connectivity index (χ0) is 13.1. The lowest BCUT2D eigenvalue weighted by molar-refractivity contribution is 0.199. The maximum atomic E-state index is 9.44. The second-order valence-corrected chi connectivity index (χ2v) is 4.54. The molecule has 0 radical (unpaired) electrons. The number of rotatable bonds is 4. The summed E-state index contributed by atoms with van der Waals surface area (Å²) in [5.74, 6) is 0.590. The Labute approximate surface area is 111 Å². The molecule has 2 rings (SSSR count). The number of aliphatic hydroxyl groups excluding tert-OH is 1. The van der Waals surface area contributed by atoms with Crippen LogP contribution in [0.15, 0.2) is 30.5 Å². The van der Waals surface area contributed by atoms with E-state index >= 15 is 0 Å². The Morgan fingerprint density at radius 1 is 1.44 bits per heavy atom. The Hall–Kier alpha value is -1.52. The average molecular weight is 267 g/mol. The number of benzene rings is 1. The van der Waals surface area contributed by atoms with Crippen LogP contribution in [0.4, 0.5) is 0 Å². The first kappa shape index (κ1) is 12.9. The highest BCUT2D eigenvalue weighted by molar-refractivity contribution is 6.32. The molecule has 4 nitrogen and oxygen atoms in total. The molecular weight excluding hydrogens is 252 g/mol. The molecular formula is C13H15ClN2O2. The molecule has 0 saturated heterocycles. The fourth-order valence-electron chi connectivity index (χ4n) is 1.59. The first-order chi connectivity index (χ1) is 8.56. The van der Waals surface area contributed by atoms with Crippen molar-refractivity contribution in [2.45, 2.75) is 19.6 Å². The number of aliphatic hydroxyl groups is 1. The third-order valence-electron chi connectivity index (χ3n) is 2.58. The normalized spacial score (nSPS) is 12.4. The summed E-state index contributed by atoms with van der Waals surface area (Å²) >= 11 is 6.08. The van der Waals surface area contributed by atoms with Crippen LogP contribution >= 0.6 is 11.6 Å². The molecule has 0 aliphatic rings. The molecule has 0 aliphatic carbocycles. The van der Waals surface area contributed by atoms with E-state index in [9.17, 15) is 5.11 Å². The molecule has 0 unspecified atom stereocenters. The van der Waals surface area contributed by atoms with Crippen LogP contribution in [0.3, 0.4) is 0 Å². The lowest BCUT2D eigenvalue weighted by Crippen LogP contribution is -1.99. The SMILES string of the molecule is C[C@H](O)c1ccc(OCc2ccn(C)n2)c(Cl)c1. The molecule has 1 N–H and O–H groups in total. The van der Waals surface area contributed by atoms with E-state index < -0.39 is 6.10 Å². The van der Waals surface area contributed by atoms with Crippen LogP contribution in [-0.4, -0.2) is 14.9 Å². The van der Waals surface area contributed by atoms with Gasteiger partial charge in [0.15, 0.2) is 0 Å². The highest BCUT2D eigenvalue weighted by Gasteiger charge is 2.07. The van der Waals surface area contributed by atoms with Gasteiger partial charge in [0.25, 0.3) is 0 Å². The quantitative estimate of drug-likeness (QED) is 0.926. The van der Waals surface area contributed by atoms with Crippen LogP contribution in [0.1, 0.15) is 24.3 Å². The van der Waals surface area contributed by atoms with Gasteiger partial charge in [-0.1, -0.05) is 17.7 Å². The molecule has 18 heavy (non-hydrogen) atoms. The number of ether oxygens (including phenoxy) is 1. The zero-order valence-corrected chi connectivity index (χ0v) is 11.1. The average Bonchev–Trinajstić information content (AvgIpc) is 2.73. The lowest BCUT2D eigenvalue weighted by Gasteiger charge is -2.09. The maximum absolute atomic E-state index is 9.44. The van der Waals surface area contributed by atoms with E-state index in [1.54, 1.807) is 29.8 Å². The standard InChI is InChI=1S/C13H15ClN2O2/c1-9(17)10-3-4-13(12(14)7-10)18-8-11-5-6-16(2)15-11/h3-7,9,17H,8H2,1-2H3/t9-/m0/s1. The minimum atomic E-state index is -0.535. The van der Waals surface area contributed by atoms with Gasteiger partial charge < -0.3 is 9.84 Å². The summed E-state index contributed by atoms with van der Waals surface area (Å²) in [6.45, 7) is 2.06. The Balaban J connectivity index is 2.05. The van der Waals surface area contributed by atoms with Crippen LogP contribution in [0.25, 0.3) is 0 Å². The first-order valence-electron chi connectivity index (χ1n) is 5.65. The summed E-state index contributed by atoms with van der Waals surface area (Å²) in [7, 11) is 1.86. The third kappa shape index (κ3) is 3.03. The molecule has 2 aromatic rings. The molecule has 1 atom stereocenters. The van der Waals surface area contributed by atoms with Crippen molar-refractivity contribution in [2.24, 2.45) is 7.05 Å². The van der Waals surface area contributed by atoms with Crippen molar-refractivity contribution in [3.8, 4) is 5.75 Å². The van der Waals surface area contributed by atoms with Gasteiger partial charge in [-0.3, -0.25) is 4.68 Å². The van der Waals surface area contributed by atoms with E-state index in [1.165, 1.54) is 0 Å². The second-order valence-electron chi connectivity index (χ2n) is 4.14. The van der Waals surface area contributed by atoms with Crippen molar-refractivity contribution in [1.29, 1.82) is 0 Å². The van der Waals surface area contributed by atoms with Gasteiger partial charge in [-0.15, -0.1) is 0 Å². The number of hydrogen-bond donors (Lipinski definition) is 1. The van der Waals surface area contributed by atoms with E-state index in [0.29, 0.717) is 17.4 Å². The summed E-state index contributed by atoms with van der Waals surface area (Å²) in [5.41, 5.74) is 1.61. The Morgan fingerprint density at radius 3 is 2.78 bits per heavy atom. The van der Waals surface area contributed by atoms with Crippen molar-refractivity contribution < 1.29 is 9.84 Å². The summed E-state index contributed by atoms with van der Waals surface area (Å²) in [6.07, 6.45) is 1.32. The molecule has 96 valence electrons. The van der Waals surface area contributed by atoms with Crippen molar-refractivity contribution in [3.05, 3.63) is 46.7 Å². The molecule has 0 aliphatic heterocycles. The minimum Gasteiger partial charge on any atom is -0.486 e. The van der Waals surface area contributed by atoms with Gasteiger partial charge in [0, 0.05) is 13.2 Å². The van der Waals surface area contributed by atoms with Gasteiger partial charge in [0.05, 0.1) is 16.8 Å². The summed E-state index contributed by atoms with van der Waals surface area (Å²) in [6, 6.07) is 7.15.